The standard InChI is InChI=1S/C26H34N2O3/c1-2-25(31-24-12-11-20-7-3-4-8-21(20)17-24)26(29)27-18-22-9-5-6-10-23(22)19-28-13-15-30-16-14-28/h5-6,9-12,17,25H,2-4,7-8,13-16,18-19H2,1H3,(H,27,29)/t25-/m1/s1. The molecule has 4 rings (SSSR count). The molecule has 1 fully saturated rings. The van der Waals surface area contributed by atoms with Gasteiger partial charge in [-0.05, 0) is 66.5 Å². The van der Waals surface area contributed by atoms with Crippen molar-refractivity contribution < 1.29 is 14.3 Å². The van der Waals surface area contributed by atoms with Crippen molar-refractivity contribution in [1.29, 1.82) is 0 Å². The molecule has 0 unspecified atom stereocenters. The summed E-state index contributed by atoms with van der Waals surface area (Å²) in [7, 11) is 0. The van der Waals surface area contributed by atoms with Gasteiger partial charge in [-0.1, -0.05) is 37.3 Å². The number of carbonyl (C=O) groups excluding carboxylic acids is 1. The summed E-state index contributed by atoms with van der Waals surface area (Å²) in [4.78, 5) is 15.3. The van der Waals surface area contributed by atoms with E-state index < -0.39 is 6.10 Å². The van der Waals surface area contributed by atoms with Gasteiger partial charge in [0.2, 0.25) is 0 Å². The molecule has 1 aliphatic heterocycles. The lowest BCUT2D eigenvalue weighted by Crippen LogP contribution is -2.38. The van der Waals surface area contributed by atoms with Gasteiger partial charge < -0.3 is 14.8 Å². The summed E-state index contributed by atoms with van der Waals surface area (Å²) in [5, 5.41) is 3.10. The zero-order valence-corrected chi connectivity index (χ0v) is 18.6. The Morgan fingerprint density at radius 1 is 1.06 bits per heavy atom. The molecule has 0 radical (unpaired) electrons. The second-order valence-corrected chi connectivity index (χ2v) is 8.53. The predicted molar refractivity (Wildman–Crippen MR) is 122 cm³/mol. The maximum Gasteiger partial charge on any atom is 0.261 e. The molecule has 1 N–H and O–H groups in total. The lowest BCUT2D eigenvalue weighted by Gasteiger charge is -2.27. The molecule has 0 bridgehead atoms. The molecule has 1 heterocycles. The van der Waals surface area contributed by atoms with E-state index in [-0.39, 0.29) is 5.91 Å². The highest BCUT2D eigenvalue weighted by molar-refractivity contribution is 5.81. The SMILES string of the molecule is CC[C@@H](Oc1ccc2c(c1)CCCC2)C(=O)NCc1ccccc1CN1CCOCC1. The van der Waals surface area contributed by atoms with Crippen LogP contribution in [0.25, 0.3) is 0 Å². The van der Waals surface area contributed by atoms with Crippen molar-refractivity contribution in [2.45, 2.75) is 58.2 Å². The summed E-state index contributed by atoms with van der Waals surface area (Å²) in [5.74, 6) is 0.747. The smallest absolute Gasteiger partial charge is 0.261 e. The molecule has 0 spiro atoms. The van der Waals surface area contributed by atoms with Crippen LogP contribution in [-0.4, -0.2) is 43.2 Å². The van der Waals surface area contributed by atoms with Gasteiger partial charge in [-0.15, -0.1) is 0 Å². The molecule has 1 saturated heterocycles. The summed E-state index contributed by atoms with van der Waals surface area (Å²) < 4.78 is 11.5. The summed E-state index contributed by atoms with van der Waals surface area (Å²) in [5.41, 5.74) is 5.21. The van der Waals surface area contributed by atoms with Crippen LogP contribution < -0.4 is 10.1 Å². The molecule has 5 nitrogen and oxygen atoms in total. The topological polar surface area (TPSA) is 50.8 Å². The number of aryl methyl sites for hydroxylation is 2. The number of hydrogen-bond donors (Lipinski definition) is 1. The van der Waals surface area contributed by atoms with Crippen LogP contribution in [0.15, 0.2) is 42.5 Å². The highest BCUT2D eigenvalue weighted by Crippen LogP contribution is 2.26. The van der Waals surface area contributed by atoms with E-state index in [9.17, 15) is 4.79 Å². The van der Waals surface area contributed by atoms with Crippen LogP contribution in [0.3, 0.4) is 0 Å². The fourth-order valence-corrected chi connectivity index (χ4v) is 4.45. The second-order valence-electron chi connectivity index (χ2n) is 8.53. The summed E-state index contributed by atoms with van der Waals surface area (Å²) >= 11 is 0. The third-order valence-corrected chi connectivity index (χ3v) is 6.33. The molecule has 166 valence electrons. The minimum Gasteiger partial charge on any atom is -0.481 e. The van der Waals surface area contributed by atoms with Crippen molar-refractivity contribution in [3.8, 4) is 5.75 Å². The summed E-state index contributed by atoms with van der Waals surface area (Å²) in [6.07, 6.45) is 4.91. The maximum atomic E-state index is 12.9. The van der Waals surface area contributed by atoms with Crippen molar-refractivity contribution >= 4 is 5.91 Å². The number of rotatable bonds is 8. The van der Waals surface area contributed by atoms with Crippen LogP contribution in [-0.2, 0) is 35.5 Å². The molecule has 2 aliphatic rings. The fourth-order valence-electron chi connectivity index (χ4n) is 4.45. The molecule has 2 aromatic carbocycles. The number of carbonyl (C=O) groups is 1. The molecular weight excluding hydrogens is 388 g/mol. The van der Waals surface area contributed by atoms with Gasteiger partial charge in [-0.25, -0.2) is 0 Å². The van der Waals surface area contributed by atoms with Crippen molar-refractivity contribution in [1.82, 2.24) is 10.2 Å². The first-order chi connectivity index (χ1) is 15.2. The molecular formula is C26H34N2O3. The van der Waals surface area contributed by atoms with E-state index in [4.69, 9.17) is 9.47 Å². The molecule has 2 aromatic rings. The fraction of sp³-hybridized carbons (Fsp3) is 0.500. The van der Waals surface area contributed by atoms with E-state index in [1.165, 1.54) is 29.5 Å². The van der Waals surface area contributed by atoms with E-state index in [1.54, 1.807) is 0 Å². The lowest BCUT2D eigenvalue weighted by molar-refractivity contribution is -0.128. The average molecular weight is 423 g/mol. The number of benzene rings is 2. The highest BCUT2D eigenvalue weighted by atomic mass is 16.5. The molecule has 1 amide bonds. The van der Waals surface area contributed by atoms with Crippen LogP contribution in [0.4, 0.5) is 0 Å². The number of morpholine rings is 1. The van der Waals surface area contributed by atoms with Gasteiger partial charge >= 0.3 is 0 Å². The third-order valence-electron chi connectivity index (χ3n) is 6.33. The zero-order chi connectivity index (χ0) is 21.5. The molecule has 1 atom stereocenters. The van der Waals surface area contributed by atoms with Crippen molar-refractivity contribution in [2.24, 2.45) is 0 Å². The first-order valence-electron chi connectivity index (χ1n) is 11.7. The van der Waals surface area contributed by atoms with E-state index in [0.717, 1.165) is 57.0 Å². The van der Waals surface area contributed by atoms with Gasteiger partial charge in [0.15, 0.2) is 6.10 Å². The van der Waals surface area contributed by atoms with Gasteiger partial charge in [-0.2, -0.15) is 0 Å². The van der Waals surface area contributed by atoms with Crippen LogP contribution in [0, 0.1) is 0 Å². The Hall–Kier alpha value is -2.37. The van der Waals surface area contributed by atoms with Crippen LogP contribution in [0.2, 0.25) is 0 Å². The van der Waals surface area contributed by atoms with E-state index in [0.29, 0.717) is 13.0 Å². The largest absolute Gasteiger partial charge is 0.481 e. The number of amides is 1. The van der Waals surface area contributed by atoms with Crippen molar-refractivity contribution in [2.75, 3.05) is 26.3 Å². The quantitative estimate of drug-likeness (QED) is 0.702. The normalized spacial score (nSPS) is 17.6. The van der Waals surface area contributed by atoms with Crippen LogP contribution in [0.5, 0.6) is 5.75 Å². The molecule has 0 saturated carbocycles. The Morgan fingerprint density at radius 3 is 2.58 bits per heavy atom. The Morgan fingerprint density at radius 2 is 1.81 bits per heavy atom. The molecule has 31 heavy (non-hydrogen) atoms. The van der Waals surface area contributed by atoms with Crippen molar-refractivity contribution in [3.63, 3.8) is 0 Å². The number of nitrogens with zero attached hydrogens (tertiary/aromatic N) is 1. The maximum absolute atomic E-state index is 12.9. The summed E-state index contributed by atoms with van der Waals surface area (Å²) in [6.45, 7) is 6.88. The third kappa shape index (κ3) is 5.86. The van der Waals surface area contributed by atoms with Gasteiger partial charge in [0, 0.05) is 26.2 Å². The van der Waals surface area contributed by atoms with E-state index in [2.05, 4.69) is 40.5 Å². The number of nitrogens with one attached hydrogen (secondary N) is 1. The zero-order valence-electron chi connectivity index (χ0n) is 18.6. The van der Waals surface area contributed by atoms with Gasteiger partial charge in [-0.3, -0.25) is 9.69 Å². The van der Waals surface area contributed by atoms with Crippen molar-refractivity contribution in [3.05, 3.63) is 64.7 Å². The lowest BCUT2D eigenvalue weighted by atomic mass is 9.92. The Labute approximate surface area is 185 Å². The van der Waals surface area contributed by atoms with E-state index in [1.807, 2.05) is 19.1 Å². The number of fused-ring (bicyclic) bond motifs is 1. The predicted octanol–water partition coefficient (Wildman–Crippen LogP) is 3.87. The van der Waals surface area contributed by atoms with Gasteiger partial charge in [0.25, 0.3) is 5.91 Å². The molecule has 5 heteroatoms. The first-order valence-corrected chi connectivity index (χ1v) is 11.7. The van der Waals surface area contributed by atoms with E-state index >= 15 is 0 Å². The monoisotopic (exact) mass is 422 g/mol. The minimum absolute atomic E-state index is 0.0543. The minimum atomic E-state index is -0.479. The van der Waals surface area contributed by atoms with Crippen LogP contribution >= 0.6 is 0 Å². The summed E-state index contributed by atoms with van der Waals surface area (Å²) in [6, 6.07) is 14.6. The van der Waals surface area contributed by atoms with Gasteiger partial charge in [0.05, 0.1) is 13.2 Å². The van der Waals surface area contributed by atoms with Gasteiger partial charge in [0.1, 0.15) is 5.75 Å². The number of ether oxygens (including phenoxy) is 2. The average Bonchev–Trinajstić information content (AvgIpc) is 2.82. The molecule has 1 aliphatic carbocycles. The highest BCUT2D eigenvalue weighted by Gasteiger charge is 2.20. The Kier molecular flexibility index (Phi) is 7.60. The molecule has 0 aromatic heterocycles. The number of hydrogen-bond acceptors (Lipinski definition) is 4. The second kappa shape index (κ2) is 10.8. The Bertz CT molecular complexity index is 877. The Balaban J connectivity index is 1.35. The first kappa shape index (κ1) is 21.8. The van der Waals surface area contributed by atoms with Crippen LogP contribution in [0.1, 0.15) is 48.4 Å².